The summed E-state index contributed by atoms with van der Waals surface area (Å²) in [5, 5.41) is 3.07. The molecule has 0 aliphatic carbocycles. The Balaban J connectivity index is 1.68. The first-order valence-corrected chi connectivity index (χ1v) is 13.6. The molecule has 0 bridgehead atoms. The number of halogens is 2. The number of sulfonamides is 1. The molecule has 0 saturated carbocycles. The highest BCUT2D eigenvalue weighted by Crippen LogP contribution is 2.35. The van der Waals surface area contributed by atoms with Gasteiger partial charge in [-0.25, -0.2) is 8.42 Å². The molecule has 174 valence electrons. The topological polar surface area (TPSA) is 66.5 Å². The lowest BCUT2D eigenvalue weighted by Crippen LogP contribution is -2.41. The number of hydrogen-bond donors (Lipinski definition) is 1. The predicted octanol–water partition coefficient (Wildman–Crippen LogP) is 5.55. The molecule has 0 aliphatic heterocycles. The van der Waals surface area contributed by atoms with Crippen molar-refractivity contribution in [2.45, 2.75) is 17.6 Å². The number of carbonyl (C=O) groups excluding carboxylic acids is 1. The van der Waals surface area contributed by atoms with Crippen LogP contribution in [0.4, 0.5) is 5.69 Å². The van der Waals surface area contributed by atoms with Crippen LogP contribution in [0.15, 0.2) is 77.7 Å². The third-order valence-corrected chi connectivity index (χ3v) is 8.50. The molecular weight excluding hydrogens is 499 g/mol. The van der Waals surface area contributed by atoms with Crippen LogP contribution in [0.25, 0.3) is 0 Å². The number of hydrogen-bond acceptors (Lipinski definition) is 4. The van der Waals surface area contributed by atoms with Crippen LogP contribution in [0.3, 0.4) is 0 Å². The Morgan fingerprint density at radius 2 is 1.67 bits per heavy atom. The smallest absolute Gasteiger partial charge is 0.264 e. The van der Waals surface area contributed by atoms with Crippen molar-refractivity contribution in [3.8, 4) is 0 Å². The van der Waals surface area contributed by atoms with Gasteiger partial charge in [-0.15, -0.1) is 0 Å². The van der Waals surface area contributed by atoms with E-state index in [2.05, 4.69) is 24.4 Å². The highest BCUT2D eigenvalue weighted by atomic mass is 35.5. The molecule has 0 aliphatic rings. The van der Waals surface area contributed by atoms with Crippen LogP contribution in [0.1, 0.15) is 11.1 Å². The van der Waals surface area contributed by atoms with Crippen molar-refractivity contribution >= 4 is 56.6 Å². The summed E-state index contributed by atoms with van der Waals surface area (Å²) in [7, 11) is -4.04. The molecular formula is C24H24Cl2N2O3S2. The molecule has 0 atom stereocenters. The van der Waals surface area contributed by atoms with Crippen LogP contribution < -0.4 is 9.62 Å². The normalized spacial score (nSPS) is 11.2. The summed E-state index contributed by atoms with van der Waals surface area (Å²) in [4.78, 5) is 12.7. The van der Waals surface area contributed by atoms with Gasteiger partial charge in [-0.2, -0.15) is 11.8 Å². The first kappa shape index (κ1) is 25.4. The second kappa shape index (κ2) is 11.8. The molecule has 0 unspecified atom stereocenters. The van der Waals surface area contributed by atoms with Gasteiger partial charge in [0.2, 0.25) is 5.91 Å². The summed E-state index contributed by atoms with van der Waals surface area (Å²) in [5.74, 6) is 1.11. The summed E-state index contributed by atoms with van der Waals surface area (Å²) in [6.45, 7) is 2.07. The minimum absolute atomic E-state index is 0.0580. The zero-order valence-corrected chi connectivity index (χ0v) is 21.1. The Morgan fingerprint density at radius 3 is 2.39 bits per heavy atom. The lowest BCUT2D eigenvalue weighted by Gasteiger charge is -2.25. The fourth-order valence-electron chi connectivity index (χ4n) is 3.11. The Kier molecular flexibility index (Phi) is 9.09. The highest BCUT2D eigenvalue weighted by Gasteiger charge is 2.29. The van der Waals surface area contributed by atoms with Crippen molar-refractivity contribution in [2.75, 3.05) is 23.1 Å². The summed E-state index contributed by atoms with van der Waals surface area (Å²) in [6, 6.07) is 20.8. The molecule has 0 aromatic heterocycles. The van der Waals surface area contributed by atoms with E-state index in [4.69, 9.17) is 23.2 Å². The molecule has 0 spiro atoms. The molecule has 3 aromatic rings. The van der Waals surface area contributed by atoms with Gasteiger partial charge < -0.3 is 5.32 Å². The van der Waals surface area contributed by atoms with Gasteiger partial charge in [0.15, 0.2) is 0 Å². The van der Waals surface area contributed by atoms with Gasteiger partial charge in [-0.3, -0.25) is 9.10 Å². The fourth-order valence-corrected chi connectivity index (χ4v) is 5.94. The minimum Gasteiger partial charge on any atom is -0.354 e. The Labute approximate surface area is 209 Å². The molecule has 1 N–H and O–H groups in total. The molecule has 5 nitrogen and oxygen atoms in total. The second-order valence-corrected chi connectivity index (χ2v) is 11.0. The quantitative estimate of drug-likeness (QED) is 0.354. The number of nitrogens with one attached hydrogen (secondary N) is 1. The Morgan fingerprint density at radius 1 is 0.970 bits per heavy atom. The first-order valence-electron chi connectivity index (χ1n) is 10.2. The van der Waals surface area contributed by atoms with Crippen molar-refractivity contribution < 1.29 is 13.2 Å². The summed E-state index contributed by atoms with van der Waals surface area (Å²) >= 11 is 14.1. The summed E-state index contributed by atoms with van der Waals surface area (Å²) in [5.41, 5.74) is 2.64. The van der Waals surface area contributed by atoms with E-state index >= 15 is 0 Å². The average Bonchev–Trinajstić information content (AvgIpc) is 2.81. The number of aryl methyl sites for hydroxylation is 1. The third-order valence-electron chi connectivity index (χ3n) is 4.91. The fraction of sp³-hybridized carbons (Fsp3) is 0.208. The van der Waals surface area contributed by atoms with Crippen LogP contribution >= 0.6 is 35.0 Å². The largest absolute Gasteiger partial charge is 0.354 e. The third kappa shape index (κ3) is 6.67. The van der Waals surface area contributed by atoms with Crippen molar-refractivity contribution in [3.05, 3.63) is 94.0 Å². The maximum absolute atomic E-state index is 13.3. The van der Waals surface area contributed by atoms with Crippen LogP contribution in [0, 0.1) is 6.92 Å². The van der Waals surface area contributed by atoms with Gasteiger partial charge in [0.25, 0.3) is 10.0 Å². The number of rotatable bonds is 10. The molecule has 3 rings (SSSR count). The van der Waals surface area contributed by atoms with E-state index in [-0.39, 0.29) is 20.6 Å². The molecule has 0 saturated heterocycles. The molecule has 1 amide bonds. The van der Waals surface area contributed by atoms with Crippen molar-refractivity contribution in [1.82, 2.24) is 5.32 Å². The van der Waals surface area contributed by atoms with Gasteiger partial charge in [0.1, 0.15) is 6.54 Å². The number of amides is 1. The van der Waals surface area contributed by atoms with Gasteiger partial charge in [-0.1, -0.05) is 71.7 Å². The lowest BCUT2D eigenvalue weighted by molar-refractivity contribution is -0.119. The SMILES string of the molecule is Cc1ccccc1CSCCNC(=O)CN(c1cccc(Cl)c1Cl)S(=O)(=O)c1ccccc1. The van der Waals surface area contributed by atoms with Crippen LogP contribution in [0.2, 0.25) is 10.0 Å². The Bertz CT molecular complexity index is 1210. The minimum atomic E-state index is -4.04. The number of benzene rings is 3. The van der Waals surface area contributed by atoms with Crippen LogP contribution in [-0.4, -0.2) is 33.2 Å². The van der Waals surface area contributed by atoms with E-state index in [1.165, 1.54) is 29.3 Å². The van der Waals surface area contributed by atoms with E-state index in [1.807, 2.05) is 12.1 Å². The molecule has 0 fully saturated rings. The van der Waals surface area contributed by atoms with Crippen molar-refractivity contribution in [2.24, 2.45) is 0 Å². The average molecular weight is 524 g/mol. The van der Waals surface area contributed by atoms with Crippen LogP contribution in [0.5, 0.6) is 0 Å². The summed E-state index contributed by atoms with van der Waals surface area (Å²) < 4.78 is 27.7. The maximum Gasteiger partial charge on any atom is 0.264 e. The van der Waals surface area contributed by atoms with Gasteiger partial charge in [0, 0.05) is 18.1 Å². The van der Waals surface area contributed by atoms with E-state index in [0.717, 1.165) is 10.1 Å². The van der Waals surface area contributed by atoms with E-state index in [0.29, 0.717) is 12.3 Å². The molecule has 3 aromatic carbocycles. The lowest BCUT2D eigenvalue weighted by atomic mass is 10.1. The second-order valence-electron chi connectivity index (χ2n) is 7.23. The number of thioether (sulfide) groups is 1. The zero-order chi connectivity index (χ0) is 23.8. The standard InChI is InChI=1S/C24H24Cl2N2O3S2/c1-18-8-5-6-9-19(18)17-32-15-14-27-23(29)16-28(22-13-7-12-21(25)24(22)26)33(30,31)20-10-3-2-4-11-20/h2-13H,14-17H2,1H3,(H,27,29). The molecule has 9 heteroatoms. The number of nitrogens with zero attached hydrogens (tertiary/aromatic N) is 1. The maximum atomic E-state index is 13.3. The summed E-state index contributed by atoms with van der Waals surface area (Å²) in [6.07, 6.45) is 0. The van der Waals surface area contributed by atoms with E-state index in [9.17, 15) is 13.2 Å². The first-order chi connectivity index (χ1) is 15.8. The molecule has 33 heavy (non-hydrogen) atoms. The monoisotopic (exact) mass is 522 g/mol. The van der Waals surface area contributed by atoms with Crippen LogP contribution in [-0.2, 0) is 20.6 Å². The van der Waals surface area contributed by atoms with E-state index < -0.39 is 22.5 Å². The molecule has 0 heterocycles. The number of anilines is 1. The zero-order valence-electron chi connectivity index (χ0n) is 18.0. The van der Waals surface area contributed by atoms with Crippen molar-refractivity contribution in [3.63, 3.8) is 0 Å². The molecule has 0 radical (unpaired) electrons. The predicted molar refractivity (Wildman–Crippen MR) is 138 cm³/mol. The van der Waals surface area contributed by atoms with Gasteiger partial charge in [-0.05, 0) is 42.3 Å². The van der Waals surface area contributed by atoms with Gasteiger partial charge in [0.05, 0.1) is 20.6 Å². The highest BCUT2D eigenvalue weighted by molar-refractivity contribution is 7.98. The van der Waals surface area contributed by atoms with Crippen molar-refractivity contribution in [1.29, 1.82) is 0 Å². The Hall–Kier alpha value is -2.19. The number of carbonyl (C=O) groups is 1. The van der Waals surface area contributed by atoms with Gasteiger partial charge >= 0.3 is 0 Å². The van der Waals surface area contributed by atoms with E-state index in [1.54, 1.807) is 42.1 Å².